The van der Waals surface area contributed by atoms with Gasteiger partial charge in [0.25, 0.3) is 0 Å². The third-order valence-corrected chi connectivity index (χ3v) is 3.18. The van der Waals surface area contributed by atoms with Gasteiger partial charge in [0.15, 0.2) is 5.16 Å². The molecule has 1 N–H and O–H groups in total. The quantitative estimate of drug-likeness (QED) is 0.805. The monoisotopic (exact) mass is 271 g/mol. The summed E-state index contributed by atoms with van der Waals surface area (Å²) in [6.07, 6.45) is 1.88. The van der Waals surface area contributed by atoms with E-state index < -0.39 is 5.97 Å². The molecule has 0 atom stereocenters. The molecular formula is C12H21N3O2S. The zero-order valence-corrected chi connectivity index (χ0v) is 12.3. The smallest absolute Gasteiger partial charge is 0.313 e. The first-order chi connectivity index (χ1) is 8.33. The maximum atomic E-state index is 10.6. The van der Waals surface area contributed by atoms with Gasteiger partial charge in [0, 0.05) is 13.0 Å². The number of carbonyl (C=O) groups is 1. The molecule has 102 valence electrons. The molecule has 1 aromatic rings. The van der Waals surface area contributed by atoms with Gasteiger partial charge >= 0.3 is 5.97 Å². The highest BCUT2D eigenvalue weighted by Gasteiger charge is 2.19. The van der Waals surface area contributed by atoms with Crippen LogP contribution in [0.25, 0.3) is 0 Å². The second-order valence-electron chi connectivity index (χ2n) is 5.48. The van der Waals surface area contributed by atoms with Gasteiger partial charge in [0.1, 0.15) is 5.82 Å². The molecule has 0 aromatic carbocycles. The number of thioether (sulfide) groups is 1. The maximum absolute atomic E-state index is 10.6. The Labute approximate surface area is 112 Å². The molecule has 1 rings (SSSR count). The van der Waals surface area contributed by atoms with Crippen molar-refractivity contribution in [2.75, 3.05) is 5.75 Å². The Morgan fingerprint density at radius 2 is 2.06 bits per heavy atom. The summed E-state index contributed by atoms with van der Waals surface area (Å²) in [7, 11) is 0. The number of carboxylic acid groups (broad SMARTS) is 1. The molecule has 0 saturated carbocycles. The van der Waals surface area contributed by atoms with Gasteiger partial charge < -0.3 is 9.67 Å². The van der Waals surface area contributed by atoms with Crippen LogP contribution >= 0.6 is 11.8 Å². The molecule has 0 saturated heterocycles. The Kier molecular flexibility index (Phi) is 5.19. The summed E-state index contributed by atoms with van der Waals surface area (Å²) < 4.78 is 2.05. The van der Waals surface area contributed by atoms with Crippen molar-refractivity contribution in [3.63, 3.8) is 0 Å². The second kappa shape index (κ2) is 6.22. The van der Waals surface area contributed by atoms with Gasteiger partial charge in [-0.25, -0.2) is 0 Å². The minimum Gasteiger partial charge on any atom is -0.481 e. The molecule has 5 nitrogen and oxygen atoms in total. The molecule has 0 spiro atoms. The number of aliphatic carboxylic acids is 1. The molecule has 18 heavy (non-hydrogen) atoms. The van der Waals surface area contributed by atoms with E-state index in [2.05, 4.69) is 42.5 Å². The number of aromatic nitrogens is 3. The van der Waals surface area contributed by atoms with Crippen LogP contribution in [0.4, 0.5) is 0 Å². The fraction of sp³-hybridized carbons (Fsp3) is 0.750. The van der Waals surface area contributed by atoms with Crippen LogP contribution in [-0.2, 0) is 17.8 Å². The molecule has 0 fully saturated rings. The van der Waals surface area contributed by atoms with E-state index in [0.717, 1.165) is 25.2 Å². The lowest BCUT2D eigenvalue weighted by Crippen LogP contribution is -2.18. The third kappa shape index (κ3) is 4.68. The van der Waals surface area contributed by atoms with Gasteiger partial charge in [-0.3, -0.25) is 4.79 Å². The third-order valence-electron chi connectivity index (χ3n) is 2.22. The van der Waals surface area contributed by atoms with Crippen molar-refractivity contribution in [3.8, 4) is 0 Å². The van der Waals surface area contributed by atoms with Crippen molar-refractivity contribution in [2.45, 2.75) is 52.2 Å². The first-order valence-corrected chi connectivity index (χ1v) is 7.08. The summed E-state index contributed by atoms with van der Waals surface area (Å²) in [4.78, 5) is 10.6. The molecule has 0 bridgehead atoms. The molecule has 6 heteroatoms. The number of hydrogen-bond acceptors (Lipinski definition) is 4. The molecular weight excluding hydrogens is 250 g/mol. The number of carboxylic acids is 1. The Balaban J connectivity index is 2.91. The summed E-state index contributed by atoms with van der Waals surface area (Å²) in [5.41, 5.74) is 0.114. The lowest BCUT2D eigenvalue weighted by Gasteiger charge is -2.21. The average Bonchev–Trinajstić information content (AvgIpc) is 2.57. The van der Waals surface area contributed by atoms with Crippen LogP contribution in [0.1, 0.15) is 39.9 Å². The second-order valence-corrected chi connectivity index (χ2v) is 6.42. The summed E-state index contributed by atoms with van der Waals surface area (Å²) in [5.74, 6) is 0.136. The topological polar surface area (TPSA) is 68.0 Å². The fourth-order valence-electron chi connectivity index (χ4n) is 1.59. The lowest BCUT2D eigenvalue weighted by molar-refractivity contribution is -0.133. The van der Waals surface area contributed by atoms with Crippen molar-refractivity contribution in [2.24, 2.45) is 5.41 Å². The molecule has 1 heterocycles. The van der Waals surface area contributed by atoms with E-state index in [1.807, 2.05) is 0 Å². The molecule has 0 radical (unpaired) electrons. The van der Waals surface area contributed by atoms with Crippen LogP contribution < -0.4 is 0 Å². The molecule has 0 aliphatic heterocycles. The largest absolute Gasteiger partial charge is 0.481 e. The summed E-state index contributed by atoms with van der Waals surface area (Å²) in [5, 5.41) is 17.7. The van der Waals surface area contributed by atoms with E-state index in [4.69, 9.17) is 5.11 Å². The number of rotatable bonds is 6. The number of nitrogens with zero attached hydrogens (tertiary/aromatic N) is 3. The predicted octanol–water partition coefficient (Wildman–Crippen LogP) is 2.45. The fourth-order valence-corrected chi connectivity index (χ4v) is 2.27. The highest BCUT2D eigenvalue weighted by molar-refractivity contribution is 7.99. The van der Waals surface area contributed by atoms with Crippen molar-refractivity contribution in [1.82, 2.24) is 14.8 Å². The van der Waals surface area contributed by atoms with Gasteiger partial charge in [-0.1, -0.05) is 39.5 Å². The highest BCUT2D eigenvalue weighted by atomic mass is 32.2. The Morgan fingerprint density at radius 3 is 2.56 bits per heavy atom. The highest BCUT2D eigenvalue weighted by Crippen LogP contribution is 2.23. The minimum absolute atomic E-state index is 0.0222. The zero-order chi connectivity index (χ0) is 13.8. The Morgan fingerprint density at radius 1 is 1.39 bits per heavy atom. The van der Waals surface area contributed by atoms with Crippen molar-refractivity contribution in [1.29, 1.82) is 0 Å². The van der Waals surface area contributed by atoms with E-state index in [0.29, 0.717) is 5.16 Å². The summed E-state index contributed by atoms with van der Waals surface area (Å²) >= 11 is 1.23. The van der Waals surface area contributed by atoms with E-state index in [-0.39, 0.29) is 11.2 Å². The summed E-state index contributed by atoms with van der Waals surface area (Å²) in [6.45, 7) is 9.34. The van der Waals surface area contributed by atoms with Crippen LogP contribution in [0.2, 0.25) is 0 Å². The zero-order valence-electron chi connectivity index (χ0n) is 11.4. The van der Waals surface area contributed by atoms with E-state index in [1.165, 1.54) is 11.8 Å². The van der Waals surface area contributed by atoms with Crippen LogP contribution in [0, 0.1) is 5.41 Å². The first kappa shape index (κ1) is 15.0. The molecule has 0 aliphatic rings. The van der Waals surface area contributed by atoms with Crippen LogP contribution in [0.5, 0.6) is 0 Å². The van der Waals surface area contributed by atoms with Crippen molar-refractivity contribution >= 4 is 17.7 Å². The van der Waals surface area contributed by atoms with Crippen LogP contribution in [0.15, 0.2) is 5.16 Å². The van der Waals surface area contributed by atoms with Crippen molar-refractivity contribution in [3.05, 3.63) is 5.82 Å². The van der Waals surface area contributed by atoms with Gasteiger partial charge in [0.2, 0.25) is 0 Å². The van der Waals surface area contributed by atoms with Crippen LogP contribution in [0.3, 0.4) is 0 Å². The lowest BCUT2D eigenvalue weighted by atomic mass is 9.97. The van der Waals surface area contributed by atoms with Gasteiger partial charge in [-0.05, 0) is 11.8 Å². The maximum Gasteiger partial charge on any atom is 0.313 e. The summed E-state index contributed by atoms with van der Waals surface area (Å²) in [6, 6.07) is 0. The van der Waals surface area contributed by atoms with Gasteiger partial charge in [-0.2, -0.15) is 0 Å². The average molecular weight is 271 g/mol. The van der Waals surface area contributed by atoms with E-state index in [1.54, 1.807) is 0 Å². The predicted molar refractivity (Wildman–Crippen MR) is 71.8 cm³/mol. The van der Waals surface area contributed by atoms with Gasteiger partial charge in [-0.15, -0.1) is 10.2 Å². The van der Waals surface area contributed by atoms with Gasteiger partial charge in [0.05, 0.1) is 5.75 Å². The minimum atomic E-state index is -0.831. The molecule has 0 unspecified atom stereocenters. The SMILES string of the molecule is CCCc1nnc(SCC(=O)O)n1CC(C)(C)C. The van der Waals surface area contributed by atoms with E-state index in [9.17, 15) is 4.79 Å². The molecule has 0 aliphatic carbocycles. The van der Waals surface area contributed by atoms with Crippen molar-refractivity contribution < 1.29 is 9.90 Å². The molecule has 0 amide bonds. The van der Waals surface area contributed by atoms with E-state index >= 15 is 0 Å². The normalized spacial score (nSPS) is 11.8. The standard InChI is InChI=1S/C12H21N3O2S/c1-5-6-9-13-14-11(18-7-10(16)17)15(9)8-12(2,3)4/h5-8H2,1-4H3,(H,16,17). The first-order valence-electron chi connectivity index (χ1n) is 6.10. The Hall–Kier alpha value is -1.04. The number of hydrogen-bond donors (Lipinski definition) is 1. The number of aryl methyl sites for hydroxylation is 1. The van der Waals surface area contributed by atoms with Crippen LogP contribution in [-0.4, -0.2) is 31.6 Å². The Bertz CT molecular complexity index is 410. The molecule has 1 aromatic heterocycles.